The Morgan fingerprint density at radius 2 is 1.94 bits per heavy atom. The molecule has 1 rings (SSSR count). The number of carbonyl (C=O) groups excluding carboxylic acids is 1. The molecule has 92 valence electrons. The highest BCUT2D eigenvalue weighted by Crippen LogP contribution is 2.10. The molecular weight excluding hydrogens is 224 g/mol. The number of nitrogens with zero attached hydrogens (tertiary/aromatic N) is 1. The van der Waals surface area contributed by atoms with Crippen LogP contribution in [0.2, 0.25) is 0 Å². The Bertz CT molecular complexity index is 394. The molecule has 0 unspecified atom stereocenters. The van der Waals surface area contributed by atoms with Crippen LogP contribution >= 0.6 is 0 Å². The minimum atomic E-state index is -1.30. The van der Waals surface area contributed by atoms with Gasteiger partial charge in [0, 0.05) is 12.7 Å². The summed E-state index contributed by atoms with van der Waals surface area (Å²) in [7, 11) is 1.51. The van der Waals surface area contributed by atoms with E-state index in [0.29, 0.717) is 5.69 Å². The second-order valence-corrected chi connectivity index (χ2v) is 3.42. The fraction of sp³-hybridized carbons (Fsp3) is 0.273. The highest BCUT2D eigenvalue weighted by molar-refractivity contribution is 5.93. The summed E-state index contributed by atoms with van der Waals surface area (Å²) in [4.78, 5) is 23.6. The van der Waals surface area contributed by atoms with Gasteiger partial charge in [0.1, 0.15) is 0 Å². The van der Waals surface area contributed by atoms with E-state index >= 15 is 0 Å². The van der Waals surface area contributed by atoms with Crippen LogP contribution in [-0.2, 0) is 4.79 Å². The van der Waals surface area contributed by atoms with Gasteiger partial charge in [-0.25, -0.2) is 9.59 Å². The second-order valence-electron chi connectivity index (χ2n) is 3.42. The number of aliphatic hydroxyl groups excluding tert-OH is 1. The van der Waals surface area contributed by atoms with Gasteiger partial charge >= 0.3 is 12.0 Å². The monoisotopic (exact) mass is 238 g/mol. The molecule has 0 saturated carbocycles. The number of para-hydroxylation sites is 1. The lowest BCUT2D eigenvalue weighted by molar-refractivity contribution is -0.140. The number of benzene rings is 1. The van der Waals surface area contributed by atoms with Crippen molar-refractivity contribution in [2.45, 2.75) is 6.04 Å². The van der Waals surface area contributed by atoms with E-state index in [9.17, 15) is 9.59 Å². The van der Waals surface area contributed by atoms with Crippen molar-refractivity contribution < 1.29 is 19.8 Å². The van der Waals surface area contributed by atoms with Crippen LogP contribution in [0.25, 0.3) is 0 Å². The van der Waals surface area contributed by atoms with Gasteiger partial charge in [-0.2, -0.15) is 0 Å². The molecule has 6 nitrogen and oxygen atoms in total. The van der Waals surface area contributed by atoms with Gasteiger partial charge in [-0.15, -0.1) is 0 Å². The molecule has 0 aromatic heterocycles. The Kier molecular flexibility index (Phi) is 4.47. The van der Waals surface area contributed by atoms with Crippen molar-refractivity contribution in [1.29, 1.82) is 0 Å². The molecule has 0 aliphatic heterocycles. The fourth-order valence-electron chi connectivity index (χ4n) is 1.20. The summed E-state index contributed by atoms with van der Waals surface area (Å²) in [6.07, 6.45) is 0. The Morgan fingerprint density at radius 3 is 2.41 bits per heavy atom. The maximum absolute atomic E-state index is 11.7. The van der Waals surface area contributed by atoms with Crippen LogP contribution in [0.3, 0.4) is 0 Å². The molecule has 0 radical (unpaired) electrons. The smallest absolute Gasteiger partial charge is 0.328 e. The number of amides is 2. The van der Waals surface area contributed by atoms with Gasteiger partial charge in [0.05, 0.1) is 6.61 Å². The van der Waals surface area contributed by atoms with Crippen LogP contribution < -0.4 is 10.2 Å². The topological polar surface area (TPSA) is 89.9 Å². The molecule has 0 heterocycles. The quantitative estimate of drug-likeness (QED) is 0.702. The van der Waals surface area contributed by atoms with E-state index in [0.717, 1.165) is 0 Å². The first-order chi connectivity index (χ1) is 8.06. The Morgan fingerprint density at radius 1 is 1.35 bits per heavy atom. The van der Waals surface area contributed by atoms with E-state index in [4.69, 9.17) is 10.2 Å². The molecule has 1 atom stereocenters. The first-order valence-electron chi connectivity index (χ1n) is 4.99. The average molecular weight is 238 g/mol. The average Bonchev–Trinajstić information content (AvgIpc) is 2.35. The first-order valence-corrected chi connectivity index (χ1v) is 4.99. The summed E-state index contributed by atoms with van der Waals surface area (Å²) < 4.78 is 0. The SMILES string of the molecule is CN(C(=O)N[C@@H](CO)C(=O)O)c1ccccc1. The number of rotatable bonds is 4. The van der Waals surface area contributed by atoms with Crippen LogP contribution in [-0.4, -0.2) is 41.9 Å². The van der Waals surface area contributed by atoms with Gasteiger partial charge in [0.2, 0.25) is 0 Å². The van der Waals surface area contributed by atoms with Gasteiger partial charge in [-0.1, -0.05) is 18.2 Å². The van der Waals surface area contributed by atoms with E-state index in [1.54, 1.807) is 24.3 Å². The predicted octanol–water partition coefficient (Wildman–Crippen LogP) is 0.278. The van der Waals surface area contributed by atoms with E-state index < -0.39 is 24.6 Å². The molecule has 1 aromatic carbocycles. The second kappa shape index (κ2) is 5.86. The normalized spacial score (nSPS) is 11.6. The van der Waals surface area contributed by atoms with Crippen LogP contribution in [0.15, 0.2) is 30.3 Å². The molecule has 0 bridgehead atoms. The summed E-state index contributed by atoms with van der Waals surface area (Å²) >= 11 is 0. The highest BCUT2D eigenvalue weighted by Gasteiger charge is 2.21. The van der Waals surface area contributed by atoms with Crippen molar-refractivity contribution in [3.63, 3.8) is 0 Å². The number of urea groups is 1. The number of carbonyl (C=O) groups is 2. The van der Waals surface area contributed by atoms with E-state index in [-0.39, 0.29) is 0 Å². The van der Waals surface area contributed by atoms with E-state index in [1.807, 2.05) is 6.07 Å². The molecule has 2 amide bonds. The molecule has 0 saturated heterocycles. The lowest BCUT2D eigenvalue weighted by atomic mass is 10.3. The van der Waals surface area contributed by atoms with Crippen LogP contribution in [0.4, 0.5) is 10.5 Å². The number of carboxylic acids is 1. The number of aliphatic hydroxyl groups is 1. The Balaban J connectivity index is 2.68. The summed E-state index contributed by atoms with van der Waals surface area (Å²) in [5, 5.41) is 19.7. The summed E-state index contributed by atoms with van der Waals surface area (Å²) in [6.45, 7) is -0.649. The van der Waals surface area contributed by atoms with Gasteiger partial charge < -0.3 is 15.5 Å². The molecule has 0 aliphatic rings. The molecule has 0 fully saturated rings. The van der Waals surface area contributed by atoms with Crippen molar-refractivity contribution in [3.8, 4) is 0 Å². The third-order valence-corrected chi connectivity index (χ3v) is 2.23. The lowest BCUT2D eigenvalue weighted by Crippen LogP contribution is -2.48. The van der Waals surface area contributed by atoms with Crippen LogP contribution in [0.5, 0.6) is 0 Å². The van der Waals surface area contributed by atoms with E-state index in [2.05, 4.69) is 5.32 Å². The van der Waals surface area contributed by atoms with Crippen molar-refractivity contribution in [2.75, 3.05) is 18.6 Å². The number of anilines is 1. The lowest BCUT2D eigenvalue weighted by Gasteiger charge is -2.20. The minimum absolute atomic E-state index is 0.586. The van der Waals surface area contributed by atoms with Gasteiger partial charge in [0.25, 0.3) is 0 Å². The maximum atomic E-state index is 11.7. The summed E-state index contributed by atoms with van der Waals surface area (Å²) in [5.41, 5.74) is 0.632. The maximum Gasteiger partial charge on any atom is 0.328 e. The number of nitrogens with one attached hydrogen (secondary N) is 1. The molecule has 0 aliphatic carbocycles. The molecular formula is C11H14N2O4. The fourth-order valence-corrected chi connectivity index (χ4v) is 1.20. The third kappa shape index (κ3) is 3.46. The highest BCUT2D eigenvalue weighted by atomic mass is 16.4. The zero-order chi connectivity index (χ0) is 12.8. The van der Waals surface area contributed by atoms with Crippen molar-refractivity contribution in [3.05, 3.63) is 30.3 Å². The Labute approximate surface area is 98.5 Å². The van der Waals surface area contributed by atoms with Gasteiger partial charge in [-0.05, 0) is 12.1 Å². The largest absolute Gasteiger partial charge is 0.480 e. The molecule has 17 heavy (non-hydrogen) atoms. The number of aliphatic carboxylic acids is 1. The predicted molar refractivity (Wildman–Crippen MR) is 61.9 cm³/mol. The van der Waals surface area contributed by atoms with Crippen molar-refractivity contribution in [1.82, 2.24) is 5.32 Å². The van der Waals surface area contributed by atoms with Crippen molar-refractivity contribution >= 4 is 17.7 Å². The summed E-state index contributed by atoms with van der Waals surface area (Å²) in [5.74, 6) is -1.28. The molecule has 0 spiro atoms. The Hall–Kier alpha value is -2.08. The van der Waals surface area contributed by atoms with Crippen molar-refractivity contribution in [2.24, 2.45) is 0 Å². The number of hydrogen-bond acceptors (Lipinski definition) is 3. The minimum Gasteiger partial charge on any atom is -0.480 e. The van der Waals surface area contributed by atoms with Crippen LogP contribution in [0.1, 0.15) is 0 Å². The van der Waals surface area contributed by atoms with Gasteiger partial charge in [0.15, 0.2) is 6.04 Å². The zero-order valence-electron chi connectivity index (χ0n) is 9.33. The van der Waals surface area contributed by atoms with E-state index in [1.165, 1.54) is 11.9 Å². The van der Waals surface area contributed by atoms with Crippen LogP contribution in [0, 0.1) is 0 Å². The first kappa shape index (κ1) is 13.0. The van der Waals surface area contributed by atoms with Gasteiger partial charge in [-0.3, -0.25) is 4.90 Å². The molecule has 1 aromatic rings. The zero-order valence-corrected chi connectivity index (χ0v) is 9.33. The third-order valence-electron chi connectivity index (χ3n) is 2.23. The number of hydrogen-bond donors (Lipinski definition) is 3. The standard InChI is InChI=1S/C11H14N2O4/c1-13(8-5-3-2-4-6-8)11(17)12-9(7-14)10(15)16/h2-6,9,14H,7H2,1H3,(H,12,17)(H,15,16)/t9-/m0/s1. The summed E-state index contributed by atoms with van der Waals surface area (Å²) in [6, 6.07) is 6.89. The number of carboxylic acid groups (broad SMARTS) is 1. The molecule has 3 N–H and O–H groups in total. The molecule has 6 heteroatoms.